The predicted octanol–water partition coefficient (Wildman–Crippen LogP) is 2.49. The van der Waals surface area contributed by atoms with Crippen molar-refractivity contribution in [1.82, 2.24) is 14.9 Å². The van der Waals surface area contributed by atoms with Crippen LogP contribution in [-0.4, -0.2) is 22.0 Å². The number of benzene rings is 1. The number of nitrogens with zero attached hydrogens (tertiary/aromatic N) is 1. The molecule has 0 unspecified atom stereocenters. The lowest BCUT2D eigenvalue weighted by Crippen LogP contribution is -2.36. The van der Waals surface area contributed by atoms with E-state index in [1.807, 2.05) is 6.07 Å². The number of nitrogens with one attached hydrogen (secondary N) is 3. The molecule has 0 bridgehead atoms. The summed E-state index contributed by atoms with van der Waals surface area (Å²) >= 11 is 0. The molecule has 2 heterocycles. The standard InChI is InChI=1S/C22H24N4O4/c1-14-8-11-30-20(14)21(28)23-9-3-10-26-19(27)13-18(25-22(26)29)24-17-7-6-15-4-2-5-16(15)12-17/h6-8,11-13,24H,2-5,9-10H2,1H3,(H,23,28)(H,25,29). The molecule has 8 heteroatoms. The quantitative estimate of drug-likeness (QED) is 0.521. The zero-order valence-corrected chi connectivity index (χ0v) is 16.8. The highest BCUT2D eigenvalue weighted by Gasteiger charge is 2.13. The molecule has 0 atom stereocenters. The summed E-state index contributed by atoms with van der Waals surface area (Å²) in [6, 6.07) is 9.20. The fraction of sp³-hybridized carbons (Fsp3) is 0.318. The van der Waals surface area contributed by atoms with Crippen LogP contribution in [0.5, 0.6) is 0 Å². The maximum absolute atomic E-state index is 12.4. The first-order chi connectivity index (χ1) is 14.5. The molecular weight excluding hydrogens is 384 g/mol. The normalized spacial score (nSPS) is 12.6. The largest absolute Gasteiger partial charge is 0.459 e. The Balaban J connectivity index is 1.36. The van der Waals surface area contributed by atoms with Crippen molar-refractivity contribution in [3.63, 3.8) is 0 Å². The Morgan fingerprint density at radius 1 is 1.17 bits per heavy atom. The van der Waals surface area contributed by atoms with Gasteiger partial charge in [-0.15, -0.1) is 0 Å². The van der Waals surface area contributed by atoms with Crippen LogP contribution in [0.15, 0.2) is 50.6 Å². The molecule has 0 spiro atoms. The van der Waals surface area contributed by atoms with Crippen LogP contribution < -0.4 is 21.9 Å². The average Bonchev–Trinajstić information content (AvgIpc) is 3.35. The van der Waals surface area contributed by atoms with E-state index in [4.69, 9.17) is 4.42 Å². The Bertz CT molecular complexity index is 1160. The number of carbonyl (C=O) groups is 1. The van der Waals surface area contributed by atoms with Gasteiger partial charge in [0.2, 0.25) is 0 Å². The second-order valence-corrected chi connectivity index (χ2v) is 7.48. The van der Waals surface area contributed by atoms with E-state index < -0.39 is 11.2 Å². The molecule has 3 N–H and O–H groups in total. The van der Waals surface area contributed by atoms with Crippen LogP contribution >= 0.6 is 0 Å². The summed E-state index contributed by atoms with van der Waals surface area (Å²) in [4.78, 5) is 39.5. The third-order valence-corrected chi connectivity index (χ3v) is 5.31. The number of carbonyl (C=O) groups excluding carboxylic acids is 1. The lowest BCUT2D eigenvalue weighted by molar-refractivity contribution is 0.0924. The maximum atomic E-state index is 12.4. The van der Waals surface area contributed by atoms with Crippen molar-refractivity contribution in [2.75, 3.05) is 11.9 Å². The van der Waals surface area contributed by atoms with Crippen molar-refractivity contribution in [2.45, 2.75) is 39.2 Å². The van der Waals surface area contributed by atoms with E-state index in [0.717, 1.165) is 35.1 Å². The van der Waals surface area contributed by atoms with E-state index >= 15 is 0 Å². The Labute approximate surface area is 172 Å². The van der Waals surface area contributed by atoms with Crippen molar-refractivity contribution in [1.29, 1.82) is 0 Å². The van der Waals surface area contributed by atoms with Crippen LogP contribution in [0, 0.1) is 6.92 Å². The fourth-order valence-electron chi connectivity index (χ4n) is 3.73. The summed E-state index contributed by atoms with van der Waals surface area (Å²) in [5.74, 6) is 0.320. The van der Waals surface area contributed by atoms with E-state index in [-0.39, 0.29) is 18.2 Å². The summed E-state index contributed by atoms with van der Waals surface area (Å²) < 4.78 is 6.26. The molecule has 8 nitrogen and oxygen atoms in total. The van der Waals surface area contributed by atoms with Gasteiger partial charge in [0.25, 0.3) is 11.5 Å². The fourth-order valence-corrected chi connectivity index (χ4v) is 3.73. The molecule has 0 saturated heterocycles. The van der Waals surface area contributed by atoms with Crippen LogP contribution in [0.2, 0.25) is 0 Å². The monoisotopic (exact) mass is 408 g/mol. The highest BCUT2D eigenvalue weighted by molar-refractivity contribution is 5.92. The van der Waals surface area contributed by atoms with Crippen molar-refractivity contribution in [3.8, 4) is 0 Å². The van der Waals surface area contributed by atoms with E-state index in [2.05, 4.69) is 27.8 Å². The average molecular weight is 408 g/mol. The number of fused-ring (bicyclic) bond motifs is 1. The second-order valence-electron chi connectivity index (χ2n) is 7.48. The highest BCUT2D eigenvalue weighted by Crippen LogP contribution is 2.25. The zero-order valence-electron chi connectivity index (χ0n) is 16.8. The molecule has 1 aliphatic carbocycles. The van der Waals surface area contributed by atoms with Gasteiger partial charge < -0.3 is 15.1 Å². The molecule has 0 aliphatic heterocycles. The summed E-state index contributed by atoms with van der Waals surface area (Å²) in [7, 11) is 0. The van der Waals surface area contributed by atoms with E-state index in [0.29, 0.717) is 18.8 Å². The SMILES string of the molecule is Cc1ccoc1C(=O)NCCCn1c(=O)cc(Nc2ccc3c(c2)CCC3)[nH]c1=O. The number of anilines is 2. The van der Waals surface area contributed by atoms with Crippen LogP contribution in [0.3, 0.4) is 0 Å². The predicted molar refractivity (Wildman–Crippen MR) is 113 cm³/mol. The molecule has 0 radical (unpaired) electrons. The van der Waals surface area contributed by atoms with E-state index in [1.54, 1.807) is 13.0 Å². The minimum Gasteiger partial charge on any atom is -0.459 e. The van der Waals surface area contributed by atoms with E-state index in [9.17, 15) is 14.4 Å². The summed E-state index contributed by atoms with van der Waals surface area (Å²) in [5.41, 5.74) is 3.39. The molecule has 2 aromatic heterocycles. The molecule has 156 valence electrons. The Kier molecular flexibility index (Phi) is 5.56. The lowest BCUT2D eigenvalue weighted by atomic mass is 10.1. The van der Waals surface area contributed by atoms with E-state index in [1.165, 1.54) is 23.5 Å². The molecule has 30 heavy (non-hydrogen) atoms. The molecule has 0 fully saturated rings. The van der Waals surface area contributed by atoms with Gasteiger partial charge in [0, 0.05) is 30.4 Å². The molecule has 1 amide bonds. The Hall–Kier alpha value is -3.55. The molecule has 0 saturated carbocycles. The van der Waals surface area contributed by atoms with Crippen LogP contribution in [-0.2, 0) is 19.4 Å². The first-order valence-corrected chi connectivity index (χ1v) is 10.1. The van der Waals surface area contributed by atoms with Gasteiger partial charge in [-0.25, -0.2) is 4.79 Å². The Morgan fingerprint density at radius 2 is 2.00 bits per heavy atom. The summed E-state index contributed by atoms with van der Waals surface area (Å²) in [6.45, 7) is 2.31. The van der Waals surface area contributed by atoms with Gasteiger partial charge >= 0.3 is 5.69 Å². The van der Waals surface area contributed by atoms with Crippen LogP contribution in [0.1, 0.15) is 40.1 Å². The highest BCUT2D eigenvalue weighted by atomic mass is 16.3. The number of rotatable bonds is 7. The first-order valence-electron chi connectivity index (χ1n) is 10.1. The third-order valence-electron chi connectivity index (χ3n) is 5.31. The maximum Gasteiger partial charge on any atom is 0.329 e. The smallest absolute Gasteiger partial charge is 0.329 e. The minimum atomic E-state index is -0.487. The van der Waals surface area contributed by atoms with Gasteiger partial charge in [0.15, 0.2) is 5.76 Å². The number of hydrogen-bond donors (Lipinski definition) is 3. The van der Waals surface area contributed by atoms with Crippen molar-refractivity contribution < 1.29 is 9.21 Å². The molecular formula is C22H24N4O4. The topological polar surface area (TPSA) is 109 Å². The van der Waals surface area contributed by atoms with Gasteiger partial charge in [-0.2, -0.15) is 0 Å². The van der Waals surface area contributed by atoms with Crippen LogP contribution in [0.4, 0.5) is 11.5 Å². The number of H-pyrrole nitrogens is 1. The molecule has 3 aromatic rings. The first kappa shape index (κ1) is 19.8. The lowest BCUT2D eigenvalue weighted by Gasteiger charge is -2.10. The zero-order chi connectivity index (χ0) is 21.1. The van der Waals surface area contributed by atoms with Gasteiger partial charge in [-0.3, -0.25) is 19.1 Å². The number of furan rings is 1. The number of aryl methyl sites for hydroxylation is 3. The number of aromatic amines is 1. The van der Waals surface area contributed by atoms with Crippen LogP contribution in [0.25, 0.3) is 0 Å². The van der Waals surface area contributed by atoms with Crippen molar-refractivity contribution in [2.24, 2.45) is 0 Å². The van der Waals surface area contributed by atoms with Gasteiger partial charge in [-0.1, -0.05) is 6.07 Å². The minimum absolute atomic E-state index is 0.199. The van der Waals surface area contributed by atoms with Gasteiger partial charge in [0.1, 0.15) is 5.82 Å². The second kappa shape index (κ2) is 8.44. The number of amides is 1. The molecule has 1 aromatic carbocycles. The number of hydrogen-bond acceptors (Lipinski definition) is 5. The summed E-state index contributed by atoms with van der Waals surface area (Å²) in [5, 5.41) is 5.84. The van der Waals surface area contributed by atoms with Gasteiger partial charge in [-0.05, 0) is 61.9 Å². The van der Waals surface area contributed by atoms with Crippen molar-refractivity contribution in [3.05, 3.63) is 79.9 Å². The van der Waals surface area contributed by atoms with Crippen molar-refractivity contribution >= 4 is 17.4 Å². The third kappa shape index (κ3) is 4.22. The summed E-state index contributed by atoms with van der Waals surface area (Å²) in [6.07, 6.45) is 5.21. The molecule has 1 aliphatic rings. The number of aromatic nitrogens is 2. The molecule has 4 rings (SSSR count). The van der Waals surface area contributed by atoms with Gasteiger partial charge in [0.05, 0.1) is 6.26 Å². The Morgan fingerprint density at radius 3 is 2.77 bits per heavy atom.